The lowest BCUT2D eigenvalue weighted by Crippen LogP contribution is -2.25. The summed E-state index contributed by atoms with van der Waals surface area (Å²) >= 11 is 7.23. The molecule has 0 aliphatic heterocycles. The van der Waals surface area contributed by atoms with Gasteiger partial charge in [-0.2, -0.15) is 5.26 Å². The number of halogens is 1. The van der Waals surface area contributed by atoms with Gasteiger partial charge in [-0.1, -0.05) is 37.2 Å². The fraction of sp³-hybridized carbons (Fsp3) is 0.357. The van der Waals surface area contributed by atoms with Gasteiger partial charge in [0.1, 0.15) is 0 Å². The third kappa shape index (κ3) is 3.14. The molecular weight excluding hydrogens is 294 g/mol. The van der Waals surface area contributed by atoms with Gasteiger partial charge in [0.05, 0.1) is 22.7 Å². The van der Waals surface area contributed by atoms with Crippen molar-refractivity contribution in [2.45, 2.75) is 25.5 Å². The molecule has 0 bridgehead atoms. The molecule has 1 aromatic heterocycles. The molecule has 0 saturated carbocycles. The highest BCUT2D eigenvalue weighted by Crippen LogP contribution is 2.20. The summed E-state index contributed by atoms with van der Waals surface area (Å²) in [6, 6.07) is 7.14. The third-order valence-corrected chi connectivity index (χ3v) is 3.77. The summed E-state index contributed by atoms with van der Waals surface area (Å²) in [5.74, 6) is 0.580. The number of nitrogens with zero attached hydrogens (tertiary/aromatic N) is 3. The highest BCUT2D eigenvalue weighted by atomic mass is 35.5. The Morgan fingerprint density at radius 3 is 2.90 bits per heavy atom. The molecule has 2 rings (SSSR count). The Hall–Kier alpha value is -1.51. The van der Waals surface area contributed by atoms with Crippen LogP contribution in [0.2, 0.25) is 5.02 Å². The van der Waals surface area contributed by atoms with E-state index in [1.165, 1.54) is 11.8 Å². The van der Waals surface area contributed by atoms with Crippen LogP contribution in [-0.2, 0) is 6.54 Å². The number of thioether (sulfide) groups is 1. The van der Waals surface area contributed by atoms with Crippen LogP contribution in [0.25, 0.3) is 10.9 Å². The lowest BCUT2D eigenvalue weighted by atomic mass is 10.2. The molecule has 0 unspecified atom stereocenters. The molecule has 0 N–H and O–H groups in total. The average Bonchev–Trinajstić information content (AvgIpc) is 2.40. The molecule has 4 nitrogen and oxygen atoms in total. The van der Waals surface area contributed by atoms with Crippen LogP contribution < -0.4 is 5.56 Å². The van der Waals surface area contributed by atoms with Crippen molar-refractivity contribution in [1.29, 1.82) is 5.26 Å². The van der Waals surface area contributed by atoms with Crippen molar-refractivity contribution in [2.75, 3.05) is 5.75 Å². The Bertz CT molecular complexity index is 734. The van der Waals surface area contributed by atoms with E-state index in [-0.39, 0.29) is 11.3 Å². The molecule has 0 aliphatic rings. The van der Waals surface area contributed by atoms with Gasteiger partial charge >= 0.3 is 0 Å². The normalized spacial score (nSPS) is 10.9. The molecule has 1 heterocycles. The first kappa shape index (κ1) is 14.9. The summed E-state index contributed by atoms with van der Waals surface area (Å²) in [5.41, 5.74) is 0.506. The summed E-state index contributed by atoms with van der Waals surface area (Å²) < 4.78 is 1.63. The Morgan fingerprint density at radius 1 is 1.50 bits per heavy atom. The Labute approximate surface area is 126 Å². The predicted molar refractivity (Wildman–Crippen MR) is 82.2 cm³/mol. The Balaban J connectivity index is 2.66. The molecule has 0 radical (unpaired) electrons. The number of hydrogen-bond acceptors (Lipinski definition) is 4. The first-order valence-corrected chi connectivity index (χ1v) is 7.59. The standard InChI is InChI=1S/C14H14ClN3OS/c1-9(2)8-18-13(19)11-7-10(15)3-4-12(11)17-14(18)20-6-5-16/h3-4,7,9H,6,8H2,1-2H3. The zero-order valence-electron chi connectivity index (χ0n) is 11.3. The van der Waals surface area contributed by atoms with Crippen molar-refractivity contribution in [1.82, 2.24) is 9.55 Å². The number of benzene rings is 1. The number of nitriles is 1. The maximum Gasteiger partial charge on any atom is 0.262 e. The second-order valence-corrected chi connectivity index (χ2v) is 6.19. The Kier molecular flexibility index (Phi) is 4.69. The van der Waals surface area contributed by atoms with Gasteiger partial charge < -0.3 is 0 Å². The van der Waals surface area contributed by atoms with Crippen LogP contribution in [0.15, 0.2) is 28.2 Å². The fourth-order valence-electron chi connectivity index (χ4n) is 1.91. The number of rotatable bonds is 4. The quantitative estimate of drug-likeness (QED) is 0.642. The molecule has 0 aliphatic carbocycles. The summed E-state index contributed by atoms with van der Waals surface area (Å²) in [6.07, 6.45) is 0. The molecule has 20 heavy (non-hydrogen) atoms. The molecule has 6 heteroatoms. The van der Waals surface area contributed by atoms with E-state index in [1.807, 2.05) is 13.8 Å². The topological polar surface area (TPSA) is 58.7 Å². The van der Waals surface area contributed by atoms with Gasteiger partial charge in [-0.25, -0.2) is 4.98 Å². The molecule has 0 saturated heterocycles. The van der Waals surface area contributed by atoms with E-state index in [2.05, 4.69) is 11.1 Å². The molecule has 0 amide bonds. The van der Waals surface area contributed by atoms with E-state index in [0.717, 1.165) is 0 Å². The van der Waals surface area contributed by atoms with Crippen molar-refractivity contribution < 1.29 is 0 Å². The largest absolute Gasteiger partial charge is 0.287 e. The number of aromatic nitrogens is 2. The first-order chi connectivity index (χ1) is 9.52. The van der Waals surface area contributed by atoms with E-state index in [4.69, 9.17) is 16.9 Å². The van der Waals surface area contributed by atoms with Crippen LogP contribution in [-0.4, -0.2) is 15.3 Å². The summed E-state index contributed by atoms with van der Waals surface area (Å²) in [7, 11) is 0. The highest BCUT2D eigenvalue weighted by molar-refractivity contribution is 7.99. The van der Waals surface area contributed by atoms with Crippen LogP contribution in [0.1, 0.15) is 13.8 Å². The second kappa shape index (κ2) is 6.29. The van der Waals surface area contributed by atoms with Crippen LogP contribution >= 0.6 is 23.4 Å². The summed E-state index contributed by atoms with van der Waals surface area (Å²) in [5, 5.41) is 10.3. The minimum absolute atomic E-state index is 0.105. The van der Waals surface area contributed by atoms with E-state index < -0.39 is 0 Å². The zero-order valence-corrected chi connectivity index (χ0v) is 12.8. The van der Waals surface area contributed by atoms with Crippen molar-refractivity contribution in [3.05, 3.63) is 33.6 Å². The van der Waals surface area contributed by atoms with Gasteiger partial charge in [0, 0.05) is 11.6 Å². The third-order valence-electron chi connectivity index (χ3n) is 2.69. The van der Waals surface area contributed by atoms with Crippen LogP contribution in [0.3, 0.4) is 0 Å². The van der Waals surface area contributed by atoms with Gasteiger partial charge in [0.2, 0.25) is 0 Å². The van der Waals surface area contributed by atoms with Gasteiger partial charge in [0.25, 0.3) is 5.56 Å². The Morgan fingerprint density at radius 2 is 2.25 bits per heavy atom. The summed E-state index contributed by atoms with van der Waals surface area (Å²) in [6.45, 7) is 4.64. The minimum atomic E-state index is -0.105. The SMILES string of the molecule is CC(C)Cn1c(SCC#N)nc2ccc(Cl)cc2c1=O. The maximum atomic E-state index is 12.6. The van der Waals surface area contributed by atoms with Crippen LogP contribution in [0.5, 0.6) is 0 Å². The van der Waals surface area contributed by atoms with Crippen LogP contribution in [0.4, 0.5) is 0 Å². The molecule has 2 aromatic rings. The van der Waals surface area contributed by atoms with Gasteiger partial charge in [-0.05, 0) is 24.1 Å². The molecule has 0 atom stereocenters. The van der Waals surface area contributed by atoms with E-state index in [9.17, 15) is 4.79 Å². The van der Waals surface area contributed by atoms with Crippen LogP contribution in [0, 0.1) is 17.2 Å². The van der Waals surface area contributed by atoms with E-state index >= 15 is 0 Å². The second-order valence-electron chi connectivity index (χ2n) is 4.81. The van der Waals surface area contributed by atoms with Gasteiger partial charge in [-0.15, -0.1) is 0 Å². The molecule has 0 spiro atoms. The lowest BCUT2D eigenvalue weighted by Gasteiger charge is -2.14. The number of fused-ring (bicyclic) bond motifs is 1. The fourth-order valence-corrected chi connectivity index (χ4v) is 2.75. The molecule has 104 valence electrons. The molecule has 1 aromatic carbocycles. The van der Waals surface area contributed by atoms with Gasteiger partial charge in [-0.3, -0.25) is 9.36 Å². The van der Waals surface area contributed by atoms with Crippen molar-refractivity contribution >= 4 is 34.3 Å². The molecule has 0 fully saturated rings. The number of hydrogen-bond donors (Lipinski definition) is 0. The van der Waals surface area contributed by atoms with Crippen molar-refractivity contribution in [3.63, 3.8) is 0 Å². The highest BCUT2D eigenvalue weighted by Gasteiger charge is 2.13. The monoisotopic (exact) mass is 307 g/mol. The predicted octanol–water partition coefficient (Wildman–Crippen LogP) is 3.32. The zero-order chi connectivity index (χ0) is 14.7. The first-order valence-electron chi connectivity index (χ1n) is 6.22. The van der Waals surface area contributed by atoms with E-state index in [0.29, 0.717) is 33.5 Å². The van der Waals surface area contributed by atoms with Gasteiger partial charge in [0.15, 0.2) is 5.16 Å². The minimum Gasteiger partial charge on any atom is -0.287 e. The molecular formula is C14H14ClN3OS. The van der Waals surface area contributed by atoms with Crippen molar-refractivity contribution in [3.8, 4) is 6.07 Å². The van der Waals surface area contributed by atoms with E-state index in [1.54, 1.807) is 22.8 Å². The lowest BCUT2D eigenvalue weighted by molar-refractivity contribution is 0.475. The maximum absolute atomic E-state index is 12.6. The summed E-state index contributed by atoms with van der Waals surface area (Å²) in [4.78, 5) is 17.1. The smallest absolute Gasteiger partial charge is 0.262 e. The van der Waals surface area contributed by atoms with Crippen molar-refractivity contribution in [2.24, 2.45) is 5.92 Å². The average molecular weight is 308 g/mol.